The minimum Gasteiger partial charge on any atom is -0.312 e. The molecule has 0 aliphatic rings. The van der Waals surface area contributed by atoms with Crippen LogP contribution in [0.15, 0.2) is 66.9 Å². The van der Waals surface area contributed by atoms with Crippen molar-refractivity contribution in [2.75, 3.05) is 0 Å². The fraction of sp³-hybridized carbons (Fsp3) is 0. The van der Waals surface area contributed by atoms with E-state index in [1.54, 1.807) is 22.2 Å². The molecule has 0 atom stereocenters. The van der Waals surface area contributed by atoms with E-state index in [2.05, 4.69) is 0 Å². The molecule has 1 heterocycles. The lowest BCUT2D eigenvalue weighted by molar-refractivity contribution is 0.0699. The quantitative estimate of drug-likeness (QED) is 0.569. The SMILES string of the molecule is O=C(NO)c1cc(-c2ccccc2Cl)cn1-c1ccccc1. The number of hydroxylamine groups is 1. The number of carbonyl (C=O) groups is 1. The summed E-state index contributed by atoms with van der Waals surface area (Å²) in [6, 6.07) is 18.5. The largest absolute Gasteiger partial charge is 0.312 e. The third-order valence-electron chi connectivity index (χ3n) is 3.37. The van der Waals surface area contributed by atoms with Gasteiger partial charge in [0.1, 0.15) is 5.69 Å². The maximum Gasteiger partial charge on any atom is 0.291 e. The van der Waals surface area contributed by atoms with Gasteiger partial charge in [0.15, 0.2) is 0 Å². The molecule has 2 N–H and O–H groups in total. The zero-order chi connectivity index (χ0) is 15.5. The average Bonchev–Trinajstić information content (AvgIpc) is 3.00. The number of nitrogens with one attached hydrogen (secondary N) is 1. The van der Waals surface area contributed by atoms with Crippen LogP contribution in [0.2, 0.25) is 5.02 Å². The predicted molar refractivity (Wildman–Crippen MR) is 85.5 cm³/mol. The van der Waals surface area contributed by atoms with Crippen molar-refractivity contribution in [2.45, 2.75) is 0 Å². The second-order valence-electron chi connectivity index (χ2n) is 4.74. The molecular weight excluding hydrogens is 300 g/mol. The van der Waals surface area contributed by atoms with E-state index in [4.69, 9.17) is 16.8 Å². The molecule has 0 unspecified atom stereocenters. The number of hydrogen-bond acceptors (Lipinski definition) is 2. The summed E-state index contributed by atoms with van der Waals surface area (Å²) in [5.74, 6) is -0.581. The van der Waals surface area contributed by atoms with Crippen LogP contribution in [0.3, 0.4) is 0 Å². The summed E-state index contributed by atoms with van der Waals surface area (Å²) in [6.45, 7) is 0. The molecule has 1 aromatic heterocycles. The molecule has 3 rings (SSSR count). The lowest BCUT2D eigenvalue weighted by Crippen LogP contribution is -2.21. The third kappa shape index (κ3) is 2.62. The van der Waals surface area contributed by atoms with Gasteiger partial charge < -0.3 is 4.57 Å². The fourth-order valence-electron chi connectivity index (χ4n) is 2.34. The number of para-hydroxylation sites is 1. The van der Waals surface area contributed by atoms with Crippen LogP contribution in [-0.2, 0) is 0 Å². The molecule has 0 saturated carbocycles. The van der Waals surface area contributed by atoms with E-state index in [1.807, 2.05) is 54.7 Å². The number of hydrogen-bond donors (Lipinski definition) is 2. The van der Waals surface area contributed by atoms with Crippen molar-refractivity contribution in [1.29, 1.82) is 0 Å². The molecular formula is C17H13ClN2O2. The number of halogens is 1. The van der Waals surface area contributed by atoms with Gasteiger partial charge in [-0.1, -0.05) is 48.0 Å². The van der Waals surface area contributed by atoms with Gasteiger partial charge in [-0.05, 0) is 24.3 Å². The predicted octanol–water partition coefficient (Wildman–Crippen LogP) is 3.92. The number of aromatic nitrogens is 1. The summed E-state index contributed by atoms with van der Waals surface area (Å²) in [5, 5.41) is 9.56. The van der Waals surface area contributed by atoms with Crippen molar-refractivity contribution in [3.63, 3.8) is 0 Å². The molecule has 0 aliphatic carbocycles. The van der Waals surface area contributed by atoms with Crippen molar-refractivity contribution < 1.29 is 10.0 Å². The molecule has 0 fully saturated rings. The van der Waals surface area contributed by atoms with Crippen LogP contribution < -0.4 is 5.48 Å². The Morgan fingerprint density at radius 1 is 1.05 bits per heavy atom. The Morgan fingerprint density at radius 2 is 1.73 bits per heavy atom. The maximum atomic E-state index is 11.9. The van der Waals surface area contributed by atoms with Crippen molar-refractivity contribution in [3.8, 4) is 16.8 Å². The Hall–Kier alpha value is -2.56. The molecule has 1 amide bonds. The van der Waals surface area contributed by atoms with Gasteiger partial charge in [-0.25, -0.2) is 5.48 Å². The average molecular weight is 313 g/mol. The Bertz CT molecular complexity index is 813. The lowest BCUT2D eigenvalue weighted by atomic mass is 10.1. The molecule has 0 saturated heterocycles. The van der Waals surface area contributed by atoms with E-state index < -0.39 is 5.91 Å². The summed E-state index contributed by atoms with van der Waals surface area (Å²) in [5.41, 5.74) is 4.44. The van der Waals surface area contributed by atoms with Gasteiger partial charge in [0.25, 0.3) is 5.91 Å². The normalized spacial score (nSPS) is 10.5. The topological polar surface area (TPSA) is 54.3 Å². The highest BCUT2D eigenvalue weighted by atomic mass is 35.5. The molecule has 4 nitrogen and oxygen atoms in total. The van der Waals surface area contributed by atoms with E-state index >= 15 is 0 Å². The van der Waals surface area contributed by atoms with Crippen LogP contribution in [0.25, 0.3) is 16.8 Å². The molecule has 22 heavy (non-hydrogen) atoms. The minimum atomic E-state index is -0.581. The van der Waals surface area contributed by atoms with Gasteiger partial charge in [-0.15, -0.1) is 0 Å². The Labute approximate surface area is 132 Å². The number of benzene rings is 2. The molecule has 5 heteroatoms. The van der Waals surface area contributed by atoms with Crippen molar-refractivity contribution in [2.24, 2.45) is 0 Å². The molecule has 0 radical (unpaired) electrons. The van der Waals surface area contributed by atoms with Crippen molar-refractivity contribution in [3.05, 3.63) is 77.6 Å². The second kappa shape index (κ2) is 6.05. The Balaban J connectivity index is 2.18. The summed E-state index contributed by atoms with van der Waals surface area (Å²) in [6.07, 6.45) is 1.82. The van der Waals surface area contributed by atoms with Gasteiger partial charge in [-0.3, -0.25) is 10.0 Å². The highest BCUT2D eigenvalue weighted by Crippen LogP contribution is 2.30. The third-order valence-corrected chi connectivity index (χ3v) is 3.70. The monoisotopic (exact) mass is 312 g/mol. The van der Waals surface area contributed by atoms with Gasteiger partial charge in [0, 0.05) is 28.0 Å². The first kappa shape index (κ1) is 14.4. The van der Waals surface area contributed by atoms with E-state index in [1.165, 1.54) is 0 Å². The van der Waals surface area contributed by atoms with E-state index in [0.29, 0.717) is 10.7 Å². The maximum absolute atomic E-state index is 11.9. The zero-order valence-electron chi connectivity index (χ0n) is 11.5. The summed E-state index contributed by atoms with van der Waals surface area (Å²) < 4.78 is 1.71. The molecule has 3 aromatic rings. The van der Waals surface area contributed by atoms with Crippen LogP contribution >= 0.6 is 11.6 Å². The Kier molecular flexibility index (Phi) is 3.96. The van der Waals surface area contributed by atoms with E-state index in [-0.39, 0.29) is 0 Å². The molecule has 110 valence electrons. The molecule has 0 aliphatic heterocycles. The van der Waals surface area contributed by atoms with E-state index in [9.17, 15) is 4.79 Å². The second-order valence-corrected chi connectivity index (χ2v) is 5.15. The first-order chi connectivity index (χ1) is 10.7. The first-order valence-corrected chi connectivity index (χ1v) is 7.05. The summed E-state index contributed by atoms with van der Waals surface area (Å²) in [4.78, 5) is 11.9. The Morgan fingerprint density at radius 3 is 2.41 bits per heavy atom. The van der Waals surface area contributed by atoms with Crippen LogP contribution in [0.5, 0.6) is 0 Å². The van der Waals surface area contributed by atoms with Crippen LogP contribution in [0.1, 0.15) is 10.5 Å². The molecule has 2 aromatic carbocycles. The van der Waals surface area contributed by atoms with Crippen LogP contribution in [0.4, 0.5) is 0 Å². The number of carbonyl (C=O) groups excluding carboxylic acids is 1. The van der Waals surface area contributed by atoms with Crippen molar-refractivity contribution in [1.82, 2.24) is 10.0 Å². The van der Waals surface area contributed by atoms with Gasteiger partial charge in [-0.2, -0.15) is 0 Å². The zero-order valence-corrected chi connectivity index (χ0v) is 12.3. The standard InChI is InChI=1S/C17H13ClN2O2/c18-15-9-5-4-8-14(15)12-10-16(17(21)19-22)20(11-12)13-6-2-1-3-7-13/h1-11,22H,(H,19,21). The van der Waals surface area contributed by atoms with Crippen LogP contribution in [0, 0.1) is 0 Å². The van der Waals surface area contributed by atoms with Gasteiger partial charge in [0.05, 0.1) is 0 Å². The smallest absolute Gasteiger partial charge is 0.291 e. The molecule has 0 spiro atoms. The first-order valence-electron chi connectivity index (χ1n) is 6.68. The lowest BCUT2D eigenvalue weighted by Gasteiger charge is -2.07. The van der Waals surface area contributed by atoms with Crippen LogP contribution in [-0.4, -0.2) is 15.7 Å². The van der Waals surface area contributed by atoms with Gasteiger partial charge >= 0.3 is 0 Å². The number of rotatable bonds is 3. The van der Waals surface area contributed by atoms with Gasteiger partial charge in [0.2, 0.25) is 0 Å². The summed E-state index contributed by atoms with van der Waals surface area (Å²) in [7, 11) is 0. The number of nitrogens with zero attached hydrogens (tertiary/aromatic N) is 1. The number of amides is 1. The highest BCUT2D eigenvalue weighted by Gasteiger charge is 2.16. The van der Waals surface area contributed by atoms with Crippen molar-refractivity contribution >= 4 is 17.5 Å². The van der Waals surface area contributed by atoms with E-state index in [0.717, 1.165) is 16.8 Å². The summed E-state index contributed by atoms with van der Waals surface area (Å²) >= 11 is 6.22. The fourth-order valence-corrected chi connectivity index (χ4v) is 2.58. The highest BCUT2D eigenvalue weighted by molar-refractivity contribution is 6.33. The minimum absolute atomic E-state index is 0.323. The molecule has 0 bridgehead atoms.